The minimum Gasteiger partial charge on any atom is -0.354 e. The van der Waals surface area contributed by atoms with Crippen molar-refractivity contribution in [1.29, 1.82) is 0 Å². The number of carbonyl (C=O) groups excluding carboxylic acids is 2. The van der Waals surface area contributed by atoms with Crippen molar-refractivity contribution >= 4 is 17.8 Å². The third-order valence-electron chi connectivity index (χ3n) is 4.21. The highest BCUT2D eigenvalue weighted by molar-refractivity contribution is 5.88. The van der Waals surface area contributed by atoms with Crippen LogP contribution in [0.15, 0.2) is 54.7 Å². The molecule has 0 aliphatic carbocycles. The molecule has 0 radical (unpaired) electrons. The van der Waals surface area contributed by atoms with Gasteiger partial charge < -0.3 is 20.9 Å². The minimum atomic E-state index is -0.439. The second-order valence-corrected chi connectivity index (χ2v) is 6.13. The predicted molar refractivity (Wildman–Crippen MR) is 99.7 cm³/mol. The van der Waals surface area contributed by atoms with E-state index in [1.54, 1.807) is 6.20 Å². The molecule has 1 aromatic carbocycles. The van der Waals surface area contributed by atoms with E-state index in [1.807, 2.05) is 36.4 Å². The van der Waals surface area contributed by atoms with Gasteiger partial charge in [0, 0.05) is 32.4 Å². The smallest absolute Gasteiger partial charge is 0.315 e. The highest BCUT2D eigenvalue weighted by Crippen LogP contribution is 2.13. The van der Waals surface area contributed by atoms with E-state index in [4.69, 9.17) is 0 Å². The maximum atomic E-state index is 12.0. The van der Waals surface area contributed by atoms with Crippen molar-refractivity contribution in [1.82, 2.24) is 20.9 Å². The number of amides is 3. The first-order valence-electron chi connectivity index (χ1n) is 8.74. The summed E-state index contributed by atoms with van der Waals surface area (Å²) in [6.45, 7) is 2.36. The van der Waals surface area contributed by atoms with Crippen LogP contribution in [0.25, 0.3) is 0 Å². The summed E-state index contributed by atoms with van der Waals surface area (Å²) in [6.07, 6.45) is 2.38. The summed E-state index contributed by atoms with van der Waals surface area (Å²) in [6, 6.07) is 15.1. The lowest BCUT2D eigenvalue weighted by Gasteiger charge is -2.24. The highest BCUT2D eigenvalue weighted by atomic mass is 16.2. The fourth-order valence-electron chi connectivity index (χ4n) is 2.86. The first kappa shape index (κ1) is 17.7. The van der Waals surface area contributed by atoms with Crippen molar-refractivity contribution in [2.24, 2.45) is 0 Å². The van der Waals surface area contributed by atoms with Gasteiger partial charge in [-0.05, 0) is 24.1 Å². The molecule has 136 valence electrons. The third kappa shape index (κ3) is 4.95. The van der Waals surface area contributed by atoms with Crippen LogP contribution in [0.5, 0.6) is 0 Å². The maximum Gasteiger partial charge on any atom is 0.315 e. The van der Waals surface area contributed by atoms with Crippen molar-refractivity contribution in [3.05, 3.63) is 60.3 Å². The normalized spacial score (nSPS) is 16.0. The van der Waals surface area contributed by atoms with Gasteiger partial charge in [0.05, 0.1) is 0 Å². The monoisotopic (exact) mass is 353 g/mol. The molecule has 1 atom stereocenters. The fraction of sp³-hybridized carbons (Fsp3) is 0.316. The summed E-state index contributed by atoms with van der Waals surface area (Å²) < 4.78 is 0. The lowest BCUT2D eigenvalue weighted by molar-refractivity contribution is -0.120. The molecule has 2 aromatic rings. The molecule has 1 aromatic heterocycles. The van der Waals surface area contributed by atoms with Crippen LogP contribution < -0.4 is 20.9 Å². The zero-order chi connectivity index (χ0) is 18.2. The van der Waals surface area contributed by atoms with Gasteiger partial charge in [0.15, 0.2) is 0 Å². The first-order valence-corrected chi connectivity index (χ1v) is 8.74. The van der Waals surface area contributed by atoms with Crippen LogP contribution in [-0.4, -0.2) is 42.6 Å². The van der Waals surface area contributed by atoms with Gasteiger partial charge in [-0.3, -0.25) is 4.79 Å². The third-order valence-corrected chi connectivity index (χ3v) is 4.21. The molecule has 1 unspecified atom stereocenters. The van der Waals surface area contributed by atoms with Gasteiger partial charge in [-0.25, -0.2) is 9.78 Å². The quantitative estimate of drug-likeness (QED) is 0.700. The van der Waals surface area contributed by atoms with Crippen LogP contribution in [0.4, 0.5) is 10.6 Å². The van der Waals surface area contributed by atoms with Crippen LogP contribution in [0.1, 0.15) is 12.0 Å². The second kappa shape index (κ2) is 8.84. The molecular formula is C19H23N5O2. The Balaban J connectivity index is 1.54. The largest absolute Gasteiger partial charge is 0.354 e. The number of carbonyl (C=O) groups is 2. The van der Waals surface area contributed by atoms with E-state index in [2.05, 4.69) is 38.0 Å². The molecule has 26 heavy (non-hydrogen) atoms. The molecule has 2 heterocycles. The fourth-order valence-corrected chi connectivity index (χ4v) is 2.86. The number of hydrogen-bond acceptors (Lipinski definition) is 4. The number of hydrogen-bond donors (Lipinski definition) is 3. The van der Waals surface area contributed by atoms with Gasteiger partial charge in [-0.1, -0.05) is 36.4 Å². The summed E-state index contributed by atoms with van der Waals surface area (Å²) in [7, 11) is 0. The molecule has 1 aliphatic rings. The summed E-state index contributed by atoms with van der Waals surface area (Å²) in [4.78, 5) is 30.0. The van der Waals surface area contributed by atoms with E-state index in [0.717, 1.165) is 5.82 Å². The predicted octanol–water partition coefficient (Wildman–Crippen LogP) is 1.28. The van der Waals surface area contributed by atoms with Gasteiger partial charge >= 0.3 is 6.03 Å². The Bertz CT molecular complexity index is 723. The van der Waals surface area contributed by atoms with E-state index < -0.39 is 6.04 Å². The van der Waals surface area contributed by atoms with E-state index in [0.29, 0.717) is 32.6 Å². The Hall–Kier alpha value is -3.09. The average molecular weight is 353 g/mol. The van der Waals surface area contributed by atoms with E-state index >= 15 is 0 Å². The van der Waals surface area contributed by atoms with Gasteiger partial charge in [-0.15, -0.1) is 0 Å². The summed E-state index contributed by atoms with van der Waals surface area (Å²) >= 11 is 0. The van der Waals surface area contributed by atoms with Crippen molar-refractivity contribution in [3.8, 4) is 0 Å². The Labute approximate surface area is 152 Å². The minimum absolute atomic E-state index is 0.126. The topological polar surface area (TPSA) is 86.4 Å². The molecule has 0 saturated carbocycles. The summed E-state index contributed by atoms with van der Waals surface area (Å²) in [5.41, 5.74) is 1.17. The highest BCUT2D eigenvalue weighted by Gasteiger charge is 2.25. The van der Waals surface area contributed by atoms with Gasteiger partial charge in [0.2, 0.25) is 5.91 Å². The molecule has 1 aliphatic heterocycles. The van der Waals surface area contributed by atoms with Crippen LogP contribution in [0.2, 0.25) is 0 Å². The molecule has 0 bridgehead atoms. The molecule has 1 saturated heterocycles. The zero-order valence-corrected chi connectivity index (χ0v) is 14.5. The van der Waals surface area contributed by atoms with Crippen LogP contribution in [-0.2, 0) is 11.3 Å². The number of pyridine rings is 1. The van der Waals surface area contributed by atoms with Crippen molar-refractivity contribution in [2.45, 2.75) is 19.0 Å². The SMILES string of the molecule is O=C(NCCN(Cc1ccccc1)c1ccccn1)NC1CCNC1=O. The summed E-state index contributed by atoms with van der Waals surface area (Å²) in [5, 5.41) is 8.21. The Morgan fingerprint density at radius 1 is 1.19 bits per heavy atom. The molecule has 7 nitrogen and oxygen atoms in total. The number of rotatable bonds is 7. The van der Waals surface area contributed by atoms with Crippen LogP contribution in [0.3, 0.4) is 0 Å². The molecule has 7 heteroatoms. The lowest BCUT2D eigenvalue weighted by Crippen LogP contribution is -2.47. The van der Waals surface area contributed by atoms with Crippen molar-refractivity contribution < 1.29 is 9.59 Å². The Kier molecular flexibility index (Phi) is 6.03. The van der Waals surface area contributed by atoms with Gasteiger partial charge in [0.25, 0.3) is 0 Å². The first-order chi connectivity index (χ1) is 12.7. The lowest BCUT2D eigenvalue weighted by atomic mass is 10.2. The van der Waals surface area contributed by atoms with E-state index in [1.165, 1.54) is 5.56 Å². The molecule has 3 N–H and O–H groups in total. The number of benzene rings is 1. The van der Waals surface area contributed by atoms with Crippen LogP contribution >= 0.6 is 0 Å². The summed E-state index contributed by atoms with van der Waals surface area (Å²) in [5.74, 6) is 0.730. The molecule has 0 spiro atoms. The molecule has 3 amide bonds. The molecule has 1 fully saturated rings. The second-order valence-electron chi connectivity index (χ2n) is 6.13. The maximum absolute atomic E-state index is 12.0. The van der Waals surface area contributed by atoms with Gasteiger partial charge in [0.1, 0.15) is 11.9 Å². The van der Waals surface area contributed by atoms with E-state index in [9.17, 15) is 9.59 Å². The number of nitrogens with one attached hydrogen (secondary N) is 3. The standard InChI is InChI=1S/C19H23N5O2/c25-18-16(9-11-21-18)23-19(26)22-12-13-24(17-8-4-5-10-20-17)14-15-6-2-1-3-7-15/h1-8,10,16H,9,11-14H2,(H,21,25)(H2,22,23,26). The van der Waals surface area contributed by atoms with Crippen LogP contribution in [0, 0.1) is 0 Å². The van der Waals surface area contributed by atoms with Crippen molar-refractivity contribution in [2.75, 3.05) is 24.5 Å². The molecule has 3 rings (SSSR count). The number of nitrogens with zero attached hydrogens (tertiary/aromatic N) is 2. The number of anilines is 1. The van der Waals surface area contributed by atoms with Crippen molar-refractivity contribution in [3.63, 3.8) is 0 Å². The van der Waals surface area contributed by atoms with Gasteiger partial charge in [-0.2, -0.15) is 0 Å². The van der Waals surface area contributed by atoms with E-state index in [-0.39, 0.29) is 11.9 Å². The Morgan fingerprint density at radius 2 is 2.00 bits per heavy atom. The zero-order valence-electron chi connectivity index (χ0n) is 14.5. The number of urea groups is 1. The number of aromatic nitrogens is 1. The average Bonchev–Trinajstić information content (AvgIpc) is 3.07. The Morgan fingerprint density at radius 3 is 2.69 bits per heavy atom. The molecular weight excluding hydrogens is 330 g/mol.